The Hall–Kier alpha value is -2.86. The third-order valence-electron chi connectivity index (χ3n) is 4.41. The van der Waals surface area contributed by atoms with Crippen molar-refractivity contribution in [3.63, 3.8) is 0 Å². The first kappa shape index (κ1) is 14.7. The molecule has 1 amide bonds. The molecule has 2 aliphatic heterocycles. The van der Waals surface area contributed by atoms with E-state index in [1.165, 1.54) is 0 Å². The maximum Gasteiger partial charge on any atom is 0.339 e. The van der Waals surface area contributed by atoms with E-state index in [0.717, 1.165) is 28.1 Å². The van der Waals surface area contributed by atoms with Gasteiger partial charge in [0.2, 0.25) is 0 Å². The van der Waals surface area contributed by atoms with E-state index in [2.05, 4.69) is 10.3 Å². The Labute approximate surface area is 138 Å². The highest BCUT2D eigenvalue weighted by atomic mass is 16.5. The predicted octanol–water partition coefficient (Wildman–Crippen LogP) is 1.76. The normalized spacial score (nSPS) is 17.5. The quantitative estimate of drug-likeness (QED) is 0.592. The first-order chi connectivity index (χ1) is 11.7. The van der Waals surface area contributed by atoms with Crippen molar-refractivity contribution >= 4 is 29.2 Å². The lowest BCUT2D eigenvalue weighted by Crippen LogP contribution is -2.16. The van der Waals surface area contributed by atoms with Gasteiger partial charge in [0.25, 0.3) is 5.91 Å². The number of aliphatic hydroxyl groups is 1. The van der Waals surface area contributed by atoms with Crippen LogP contribution < -0.4 is 5.32 Å². The molecule has 0 radical (unpaired) electrons. The lowest BCUT2D eigenvalue weighted by molar-refractivity contribution is -0.110. The molecule has 0 fully saturated rings. The van der Waals surface area contributed by atoms with E-state index in [-0.39, 0.29) is 18.5 Å². The highest BCUT2D eigenvalue weighted by molar-refractivity contribution is 6.35. The largest absolute Gasteiger partial charge is 0.462 e. The van der Waals surface area contributed by atoms with Gasteiger partial charge >= 0.3 is 5.97 Å². The minimum Gasteiger partial charge on any atom is -0.462 e. The van der Waals surface area contributed by atoms with Crippen LogP contribution in [0.4, 0.5) is 5.69 Å². The van der Waals surface area contributed by atoms with Gasteiger partial charge < -0.3 is 20.1 Å². The maximum atomic E-state index is 12.4. The summed E-state index contributed by atoms with van der Waals surface area (Å²) in [7, 11) is 0. The Morgan fingerprint density at radius 1 is 1.29 bits per heavy atom. The van der Waals surface area contributed by atoms with Crippen LogP contribution in [0.15, 0.2) is 24.4 Å². The molecule has 1 aromatic heterocycles. The number of amides is 1. The molecular formula is C18H16N2O4. The number of esters is 1. The molecule has 0 unspecified atom stereocenters. The van der Waals surface area contributed by atoms with Crippen LogP contribution in [0.1, 0.15) is 32.7 Å². The molecule has 1 aromatic carbocycles. The second-order valence-electron chi connectivity index (χ2n) is 5.81. The third-order valence-corrected chi connectivity index (χ3v) is 4.41. The van der Waals surface area contributed by atoms with Crippen molar-refractivity contribution in [2.24, 2.45) is 0 Å². The van der Waals surface area contributed by atoms with Gasteiger partial charge in [-0.3, -0.25) is 4.79 Å². The van der Waals surface area contributed by atoms with Crippen LogP contribution >= 0.6 is 0 Å². The number of carbonyl (C=O) groups excluding carboxylic acids is 2. The Kier molecular flexibility index (Phi) is 3.46. The summed E-state index contributed by atoms with van der Waals surface area (Å²) in [6, 6.07) is 5.61. The number of nitrogens with one attached hydrogen (secondary N) is 2. The zero-order valence-corrected chi connectivity index (χ0v) is 12.9. The summed E-state index contributed by atoms with van der Waals surface area (Å²) in [4.78, 5) is 27.2. The molecule has 4 rings (SSSR count). The third kappa shape index (κ3) is 2.23. The number of rotatable bonds is 3. The van der Waals surface area contributed by atoms with Crippen LogP contribution in [0.2, 0.25) is 0 Å². The molecule has 3 heterocycles. The van der Waals surface area contributed by atoms with Crippen molar-refractivity contribution in [3.8, 4) is 0 Å². The summed E-state index contributed by atoms with van der Waals surface area (Å²) >= 11 is 0. The average Bonchev–Trinajstić information content (AvgIpc) is 3.12. The van der Waals surface area contributed by atoms with Gasteiger partial charge in [-0.25, -0.2) is 4.79 Å². The number of fused-ring (bicyclic) bond motifs is 2. The molecule has 24 heavy (non-hydrogen) atoms. The van der Waals surface area contributed by atoms with Crippen molar-refractivity contribution in [2.45, 2.75) is 12.8 Å². The number of hydrogen-bond donors (Lipinski definition) is 3. The maximum absolute atomic E-state index is 12.4. The summed E-state index contributed by atoms with van der Waals surface area (Å²) in [6.07, 6.45) is 4.50. The monoisotopic (exact) mass is 324 g/mol. The molecule has 6 nitrogen and oxygen atoms in total. The molecule has 0 atom stereocenters. The molecule has 122 valence electrons. The summed E-state index contributed by atoms with van der Waals surface area (Å²) in [5.41, 5.74) is 5.17. The average molecular weight is 324 g/mol. The van der Waals surface area contributed by atoms with E-state index in [1.807, 2.05) is 18.2 Å². The lowest BCUT2D eigenvalue weighted by Gasteiger charge is -2.12. The summed E-state index contributed by atoms with van der Waals surface area (Å²) < 4.78 is 5.03. The minimum atomic E-state index is -0.339. The topological polar surface area (TPSA) is 91.4 Å². The zero-order valence-electron chi connectivity index (χ0n) is 12.9. The number of carbonyl (C=O) groups is 2. The van der Waals surface area contributed by atoms with Crippen LogP contribution in [0.3, 0.4) is 0 Å². The van der Waals surface area contributed by atoms with E-state index < -0.39 is 0 Å². The molecule has 6 heteroatoms. The molecular weight excluding hydrogens is 308 g/mol. The van der Waals surface area contributed by atoms with Crippen LogP contribution in [0, 0.1) is 0 Å². The van der Waals surface area contributed by atoms with Crippen LogP contribution in [-0.2, 0) is 22.4 Å². The molecule has 0 spiro atoms. The SMILES string of the molecule is O=C1Nc2cccc(CCO)c2/C1=C/c1[nH]cc2c1CCOC2=O. The summed E-state index contributed by atoms with van der Waals surface area (Å²) in [5.74, 6) is -0.522. The molecule has 2 aliphatic rings. The van der Waals surface area contributed by atoms with Gasteiger partial charge in [0.15, 0.2) is 0 Å². The molecule has 0 bridgehead atoms. The van der Waals surface area contributed by atoms with Gasteiger partial charge in [-0.05, 0) is 29.7 Å². The van der Waals surface area contributed by atoms with E-state index in [1.54, 1.807) is 12.3 Å². The molecule has 0 saturated heterocycles. The van der Waals surface area contributed by atoms with Crippen LogP contribution in [0.25, 0.3) is 11.6 Å². The summed E-state index contributed by atoms with van der Waals surface area (Å²) in [6.45, 7) is 0.361. The standard InChI is InChI=1S/C18H16N2O4/c21-6-4-10-2-1-3-14-16(10)12(17(22)20-14)8-15-11-5-7-24-18(23)13(11)9-19-15/h1-3,8-9,19,21H,4-7H2,(H,20,22)/b12-8-. The lowest BCUT2D eigenvalue weighted by atomic mass is 9.96. The van der Waals surface area contributed by atoms with E-state index in [4.69, 9.17) is 4.74 Å². The Bertz CT molecular complexity index is 879. The van der Waals surface area contributed by atoms with Gasteiger partial charge in [-0.2, -0.15) is 0 Å². The number of cyclic esters (lactones) is 1. The van der Waals surface area contributed by atoms with E-state index in [9.17, 15) is 14.7 Å². The van der Waals surface area contributed by atoms with Crippen molar-refractivity contribution in [1.29, 1.82) is 0 Å². The second kappa shape index (κ2) is 5.65. The van der Waals surface area contributed by atoms with Crippen LogP contribution in [0.5, 0.6) is 0 Å². The number of aromatic amines is 1. The number of aliphatic hydroxyl groups excluding tert-OH is 1. The number of benzene rings is 1. The van der Waals surface area contributed by atoms with Gasteiger partial charge in [0.05, 0.1) is 17.7 Å². The first-order valence-electron chi connectivity index (χ1n) is 7.82. The van der Waals surface area contributed by atoms with E-state index >= 15 is 0 Å². The number of H-pyrrole nitrogens is 1. The minimum absolute atomic E-state index is 0.0155. The van der Waals surface area contributed by atoms with Gasteiger partial charge in [0, 0.05) is 36.2 Å². The highest BCUT2D eigenvalue weighted by Gasteiger charge is 2.28. The molecule has 0 aliphatic carbocycles. The fraction of sp³-hybridized carbons (Fsp3) is 0.222. The Morgan fingerprint density at radius 3 is 3.00 bits per heavy atom. The van der Waals surface area contributed by atoms with Crippen molar-refractivity contribution < 1.29 is 19.4 Å². The second-order valence-corrected chi connectivity index (χ2v) is 5.81. The molecule has 3 N–H and O–H groups in total. The predicted molar refractivity (Wildman–Crippen MR) is 88.5 cm³/mol. The fourth-order valence-electron chi connectivity index (χ4n) is 3.31. The smallest absolute Gasteiger partial charge is 0.339 e. The summed E-state index contributed by atoms with van der Waals surface area (Å²) in [5, 5.41) is 12.1. The van der Waals surface area contributed by atoms with Crippen LogP contribution in [-0.4, -0.2) is 35.2 Å². The number of hydrogen-bond acceptors (Lipinski definition) is 4. The number of ether oxygens (including phenoxy) is 1. The van der Waals surface area contributed by atoms with Crippen molar-refractivity contribution in [2.75, 3.05) is 18.5 Å². The number of anilines is 1. The van der Waals surface area contributed by atoms with Crippen molar-refractivity contribution in [1.82, 2.24) is 4.98 Å². The van der Waals surface area contributed by atoms with Gasteiger partial charge in [-0.1, -0.05) is 12.1 Å². The highest BCUT2D eigenvalue weighted by Crippen LogP contribution is 2.36. The van der Waals surface area contributed by atoms with Gasteiger partial charge in [0.1, 0.15) is 0 Å². The number of aromatic nitrogens is 1. The van der Waals surface area contributed by atoms with Crippen molar-refractivity contribution in [3.05, 3.63) is 52.3 Å². The molecule has 2 aromatic rings. The Morgan fingerprint density at radius 2 is 2.17 bits per heavy atom. The van der Waals surface area contributed by atoms with E-state index in [0.29, 0.717) is 30.6 Å². The zero-order chi connectivity index (χ0) is 16.7. The van der Waals surface area contributed by atoms with Gasteiger partial charge in [-0.15, -0.1) is 0 Å². The first-order valence-corrected chi connectivity index (χ1v) is 7.82. The Balaban J connectivity index is 1.83. The fourth-order valence-corrected chi connectivity index (χ4v) is 3.31. The molecule has 0 saturated carbocycles.